The molecule has 0 saturated heterocycles. The number of amides is 8. The second kappa shape index (κ2) is 19.4. The van der Waals surface area contributed by atoms with Gasteiger partial charge in [-0.15, -0.1) is 0 Å². The van der Waals surface area contributed by atoms with Crippen molar-refractivity contribution >= 4 is 47.3 Å². The molecule has 4 aromatic heterocycles. The zero-order chi connectivity index (χ0) is 39.9. The summed E-state index contributed by atoms with van der Waals surface area (Å²) in [4.78, 5) is 118. The Morgan fingerprint density at radius 1 is 0.250 bits per heavy atom. The first kappa shape index (κ1) is 39.6. The summed E-state index contributed by atoms with van der Waals surface area (Å²) in [7, 11) is 0. The fourth-order valence-electron chi connectivity index (χ4n) is 4.88. The van der Waals surface area contributed by atoms with Gasteiger partial charge in [0.15, 0.2) is 0 Å². The van der Waals surface area contributed by atoms with Crippen molar-refractivity contribution < 1.29 is 38.4 Å². The van der Waals surface area contributed by atoms with Gasteiger partial charge in [0, 0.05) is 52.4 Å². The Bertz CT molecular complexity index is 1730. The van der Waals surface area contributed by atoms with Crippen LogP contribution in [0.5, 0.6) is 0 Å². The van der Waals surface area contributed by atoms with Crippen LogP contribution in [0.4, 0.5) is 0 Å². The van der Waals surface area contributed by atoms with E-state index in [0.717, 1.165) is 0 Å². The summed E-state index contributed by atoms with van der Waals surface area (Å²) in [6.07, 6.45) is 0. The summed E-state index contributed by atoms with van der Waals surface area (Å²) in [6, 6.07) is 17.2. The summed E-state index contributed by atoms with van der Waals surface area (Å²) >= 11 is 0. The Balaban J connectivity index is 1.23. The van der Waals surface area contributed by atoms with Gasteiger partial charge in [-0.25, -0.2) is 19.9 Å². The van der Waals surface area contributed by atoms with Crippen LogP contribution >= 0.6 is 0 Å². The third-order valence-electron chi connectivity index (χ3n) is 7.64. The van der Waals surface area contributed by atoms with Crippen molar-refractivity contribution in [3.05, 3.63) is 118 Å². The van der Waals surface area contributed by atoms with E-state index in [1.54, 1.807) is 0 Å². The van der Waals surface area contributed by atoms with Gasteiger partial charge < -0.3 is 42.5 Å². The molecule has 1 aliphatic rings. The second-order valence-electron chi connectivity index (χ2n) is 11.7. The topological polar surface area (TPSA) is 284 Å². The maximum absolute atomic E-state index is 12.7. The van der Waals surface area contributed by atoms with E-state index < -0.39 is 47.3 Å². The van der Waals surface area contributed by atoms with Gasteiger partial charge in [-0.3, -0.25) is 38.4 Å². The number of hydrogen-bond acceptors (Lipinski definition) is 12. The molecule has 0 saturated carbocycles. The van der Waals surface area contributed by atoms with Gasteiger partial charge in [0.05, 0.1) is 0 Å². The number of nitrogens with zero attached hydrogens (tertiary/aromatic N) is 4. The van der Waals surface area contributed by atoms with Gasteiger partial charge in [0.2, 0.25) is 0 Å². The Hall–Kier alpha value is -7.64. The van der Waals surface area contributed by atoms with Gasteiger partial charge in [-0.2, -0.15) is 0 Å². The van der Waals surface area contributed by atoms with E-state index in [1.807, 2.05) is 0 Å². The third-order valence-corrected chi connectivity index (χ3v) is 7.64. The molecule has 56 heavy (non-hydrogen) atoms. The van der Waals surface area contributed by atoms with E-state index in [4.69, 9.17) is 0 Å². The quantitative estimate of drug-likeness (QED) is 0.0987. The molecular weight excluding hydrogens is 728 g/mol. The lowest BCUT2D eigenvalue weighted by molar-refractivity contribution is 0.0910. The number of fused-ring (bicyclic) bond motifs is 8. The molecule has 4 aromatic rings. The van der Waals surface area contributed by atoms with E-state index in [0.29, 0.717) is 0 Å². The molecule has 8 bridgehead atoms. The van der Waals surface area contributed by atoms with Gasteiger partial charge in [-0.05, 0) is 48.5 Å². The zero-order valence-corrected chi connectivity index (χ0v) is 29.6. The number of pyridine rings is 4. The molecular formula is C36H36N12O8. The van der Waals surface area contributed by atoms with Crippen molar-refractivity contribution in [2.75, 3.05) is 52.4 Å². The van der Waals surface area contributed by atoms with Crippen LogP contribution < -0.4 is 42.5 Å². The van der Waals surface area contributed by atoms with Crippen LogP contribution in [0.25, 0.3) is 0 Å². The van der Waals surface area contributed by atoms with Crippen LogP contribution in [0, 0.1) is 0 Å². The zero-order valence-electron chi connectivity index (χ0n) is 29.6. The highest BCUT2D eigenvalue weighted by Crippen LogP contribution is 2.04. The second-order valence-corrected chi connectivity index (χ2v) is 11.7. The highest BCUT2D eigenvalue weighted by atomic mass is 16.2. The maximum atomic E-state index is 12.7. The molecule has 1 aliphatic heterocycles. The van der Waals surface area contributed by atoms with Crippen LogP contribution in [0.2, 0.25) is 0 Å². The minimum absolute atomic E-state index is 0.00369. The Morgan fingerprint density at radius 3 is 0.500 bits per heavy atom. The molecule has 20 nitrogen and oxygen atoms in total. The van der Waals surface area contributed by atoms with Crippen molar-refractivity contribution in [3.63, 3.8) is 0 Å². The first-order valence-corrected chi connectivity index (χ1v) is 17.2. The lowest BCUT2D eigenvalue weighted by Gasteiger charge is -2.10. The van der Waals surface area contributed by atoms with E-state index >= 15 is 0 Å². The highest BCUT2D eigenvalue weighted by molar-refractivity contribution is 5.99. The standard InChI is InChI=1S/C36H36N12O8/c49-29-21-5-1-6-22(45-21)30(50)38-14-16-40-32(52)24-8-3-10-26(47-24)34(54)42-18-20-44-36(56)28-12-4-11-27(48-28)35(55)43-19-17-41-33(53)25-9-2-7-23(46-25)31(51)39-15-13-37-29/h1-12H,13-20H2,(H,37,49)(H,38,50)(H,39,51)(H,40,52)(H,41,53)(H,42,54)(H,43,55)(H,44,56). The fourth-order valence-corrected chi connectivity index (χ4v) is 4.88. The summed E-state index contributed by atoms with van der Waals surface area (Å²) < 4.78 is 0. The average Bonchev–Trinajstić information content (AvgIpc) is 3.23. The van der Waals surface area contributed by atoms with Gasteiger partial charge in [0.1, 0.15) is 45.6 Å². The van der Waals surface area contributed by atoms with Gasteiger partial charge >= 0.3 is 0 Å². The number of rotatable bonds is 0. The Labute approximate surface area is 318 Å². The highest BCUT2D eigenvalue weighted by Gasteiger charge is 2.17. The van der Waals surface area contributed by atoms with Crippen LogP contribution in [0.15, 0.2) is 72.8 Å². The minimum atomic E-state index is -0.600. The first-order chi connectivity index (χ1) is 27.1. The number of aromatic nitrogens is 4. The van der Waals surface area contributed by atoms with Crippen molar-refractivity contribution in [1.82, 2.24) is 62.5 Å². The summed E-state index contributed by atoms with van der Waals surface area (Å²) in [5.41, 5.74) is -0.400. The number of hydrogen-bond donors (Lipinski definition) is 8. The van der Waals surface area contributed by atoms with Crippen LogP contribution in [-0.4, -0.2) is 120 Å². The fraction of sp³-hybridized carbons (Fsp3) is 0.222. The van der Waals surface area contributed by atoms with Crippen LogP contribution in [-0.2, 0) is 0 Å². The van der Waals surface area contributed by atoms with Crippen molar-refractivity contribution in [1.29, 1.82) is 0 Å². The van der Waals surface area contributed by atoms with E-state index in [-0.39, 0.29) is 97.9 Å². The molecule has 0 aliphatic carbocycles. The van der Waals surface area contributed by atoms with E-state index in [2.05, 4.69) is 62.5 Å². The van der Waals surface area contributed by atoms with Crippen LogP contribution in [0.1, 0.15) is 83.9 Å². The van der Waals surface area contributed by atoms with Crippen molar-refractivity contribution in [3.8, 4) is 0 Å². The molecule has 0 spiro atoms. The molecule has 20 heteroatoms. The third kappa shape index (κ3) is 11.2. The molecule has 5 heterocycles. The normalized spacial score (nSPS) is 16.0. The molecule has 5 rings (SSSR count). The van der Waals surface area contributed by atoms with E-state index in [9.17, 15) is 38.4 Å². The average molecular weight is 765 g/mol. The number of carbonyl (C=O) groups excluding carboxylic acids is 8. The molecule has 0 aromatic carbocycles. The molecule has 0 fully saturated rings. The predicted octanol–water partition coefficient (Wildman–Crippen LogP) is -1.78. The molecule has 0 radical (unpaired) electrons. The summed E-state index contributed by atoms with van der Waals surface area (Å²) in [5.74, 6) is -4.80. The Morgan fingerprint density at radius 2 is 0.375 bits per heavy atom. The number of nitrogens with one attached hydrogen (secondary N) is 8. The molecule has 8 amide bonds. The Kier molecular flexibility index (Phi) is 13.7. The summed E-state index contributed by atoms with van der Waals surface area (Å²) in [6.45, 7) is 0.0295. The maximum Gasteiger partial charge on any atom is 0.269 e. The lowest BCUT2D eigenvalue weighted by Crippen LogP contribution is -2.37. The summed E-state index contributed by atoms with van der Waals surface area (Å²) in [5, 5.41) is 20.8. The largest absolute Gasteiger partial charge is 0.349 e. The monoisotopic (exact) mass is 764 g/mol. The van der Waals surface area contributed by atoms with Crippen LogP contribution in [0.3, 0.4) is 0 Å². The first-order valence-electron chi connectivity index (χ1n) is 17.2. The van der Waals surface area contributed by atoms with Gasteiger partial charge in [-0.1, -0.05) is 24.3 Å². The van der Waals surface area contributed by atoms with Crippen molar-refractivity contribution in [2.45, 2.75) is 0 Å². The molecule has 8 N–H and O–H groups in total. The van der Waals surface area contributed by atoms with Gasteiger partial charge in [0.25, 0.3) is 47.3 Å². The van der Waals surface area contributed by atoms with E-state index in [1.165, 1.54) is 72.8 Å². The molecule has 0 atom stereocenters. The lowest BCUT2D eigenvalue weighted by atomic mass is 10.2. The molecule has 0 unspecified atom stereocenters. The number of carbonyl (C=O) groups is 8. The SMILES string of the molecule is O=C1NCCNC(=O)c2cccc(n2)C(=O)NCCNC(=O)c2cccc(n2)C(=O)NCCNC(=O)c2cccc(n2)C(=O)NCCNC(=O)c2cccc1n2. The molecule has 288 valence electrons. The minimum Gasteiger partial charge on any atom is -0.349 e. The van der Waals surface area contributed by atoms with Crippen molar-refractivity contribution in [2.24, 2.45) is 0 Å². The predicted molar refractivity (Wildman–Crippen MR) is 196 cm³/mol. The smallest absolute Gasteiger partial charge is 0.269 e.